The number of methoxy groups -OCH3 is 1. The maximum Gasteiger partial charge on any atom is 0.231 e. The number of hydrogen-bond donors (Lipinski definition) is 1. The predicted molar refractivity (Wildman–Crippen MR) is 99.3 cm³/mol. The quantitative estimate of drug-likeness (QED) is 0.748. The monoisotopic (exact) mass is 369 g/mol. The lowest BCUT2D eigenvalue weighted by Gasteiger charge is -2.12. The van der Waals surface area contributed by atoms with Gasteiger partial charge in [-0.05, 0) is 25.0 Å². The van der Waals surface area contributed by atoms with E-state index in [9.17, 15) is 9.18 Å². The van der Waals surface area contributed by atoms with E-state index in [2.05, 4.69) is 20.3 Å². The maximum atomic E-state index is 13.1. The minimum Gasteiger partial charge on any atom is -0.480 e. The van der Waals surface area contributed by atoms with Crippen molar-refractivity contribution in [2.75, 3.05) is 12.4 Å². The number of nitrogens with one attached hydrogen (secondary N) is 1. The smallest absolute Gasteiger partial charge is 0.231 e. The van der Waals surface area contributed by atoms with E-state index in [1.807, 2.05) is 24.6 Å². The van der Waals surface area contributed by atoms with Gasteiger partial charge < -0.3 is 14.6 Å². The SMILES string of the molecule is CCc1ncnc(OC)c1-c1cc2cc(NC(=O)[C@@H]3C[C@@H]3F)ncc2n1C. The van der Waals surface area contributed by atoms with Gasteiger partial charge in [0.15, 0.2) is 0 Å². The van der Waals surface area contributed by atoms with Crippen LogP contribution in [-0.4, -0.2) is 38.7 Å². The highest BCUT2D eigenvalue weighted by Gasteiger charge is 2.43. The molecule has 3 heterocycles. The topological polar surface area (TPSA) is 81.9 Å². The van der Waals surface area contributed by atoms with E-state index in [0.717, 1.165) is 34.3 Å². The van der Waals surface area contributed by atoms with E-state index in [1.54, 1.807) is 19.4 Å². The fourth-order valence-electron chi connectivity index (χ4n) is 3.28. The van der Waals surface area contributed by atoms with Crippen molar-refractivity contribution in [3.05, 3.63) is 30.4 Å². The average molecular weight is 369 g/mol. The van der Waals surface area contributed by atoms with E-state index in [4.69, 9.17) is 4.74 Å². The minimum absolute atomic E-state index is 0.289. The number of carbonyl (C=O) groups is 1. The molecule has 0 saturated heterocycles. The number of amides is 1. The second-order valence-corrected chi connectivity index (χ2v) is 6.62. The summed E-state index contributed by atoms with van der Waals surface area (Å²) in [7, 11) is 3.51. The molecule has 1 aliphatic carbocycles. The second-order valence-electron chi connectivity index (χ2n) is 6.62. The van der Waals surface area contributed by atoms with E-state index < -0.39 is 12.1 Å². The number of aryl methyl sites for hydroxylation is 2. The highest BCUT2D eigenvalue weighted by atomic mass is 19.1. The summed E-state index contributed by atoms with van der Waals surface area (Å²) in [5.74, 6) is 0.0521. The third-order valence-corrected chi connectivity index (χ3v) is 4.90. The van der Waals surface area contributed by atoms with Gasteiger partial charge >= 0.3 is 0 Å². The summed E-state index contributed by atoms with van der Waals surface area (Å²) in [6, 6.07) is 3.77. The van der Waals surface area contributed by atoms with Crippen LogP contribution >= 0.6 is 0 Å². The molecule has 1 amide bonds. The molecule has 0 aliphatic heterocycles. The Labute approximate surface area is 155 Å². The zero-order valence-electron chi connectivity index (χ0n) is 15.4. The molecular weight excluding hydrogens is 349 g/mol. The number of rotatable bonds is 5. The Kier molecular flexibility index (Phi) is 4.25. The molecule has 0 bridgehead atoms. The Bertz CT molecular complexity index is 1010. The number of ether oxygens (including phenoxy) is 1. The molecule has 4 rings (SSSR count). The Balaban J connectivity index is 1.75. The summed E-state index contributed by atoms with van der Waals surface area (Å²) in [5.41, 5.74) is 3.52. The number of pyridine rings is 1. The number of hydrogen-bond acceptors (Lipinski definition) is 5. The van der Waals surface area contributed by atoms with Crippen molar-refractivity contribution in [1.29, 1.82) is 0 Å². The average Bonchev–Trinajstić information content (AvgIpc) is 3.33. The predicted octanol–water partition coefficient (Wildman–Crippen LogP) is 2.90. The van der Waals surface area contributed by atoms with E-state index in [0.29, 0.717) is 11.7 Å². The molecule has 0 spiro atoms. The Morgan fingerprint density at radius 2 is 2.15 bits per heavy atom. The lowest BCUT2D eigenvalue weighted by Crippen LogP contribution is -2.15. The summed E-state index contributed by atoms with van der Waals surface area (Å²) in [6.45, 7) is 2.03. The lowest BCUT2D eigenvalue weighted by molar-refractivity contribution is -0.117. The van der Waals surface area contributed by atoms with Crippen LogP contribution in [0.15, 0.2) is 24.7 Å². The number of aromatic nitrogens is 4. The standard InChI is InChI=1S/C19H20FN5O2/c1-4-13-17(19(27-3)23-9-22-13)14-5-10-6-16(21-8-15(10)25(14)2)24-18(26)11-7-12(11)20/h5-6,8-9,11-12H,4,7H2,1-3H3,(H,21,24,26)/t11-,12+/m1/s1. The van der Waals surface area contributed by atoms with Gasteiger partial charge in [-0.3, -0.25) is 4.79 Å². The van der Waals surface area contributed by atoms with E-state index >= 15 is 0 Å². The van der Waals surface area contributed by atoms with Crippen molar-refractivity contribution in [2.45, 2.75) is 25.9 Å². The Hall–Kier alpha value is -3.03. The van der Waals surface area contributed by atoms with Gasteiger partial charge in [0.05, 0.1) is 41.7 Å². The van der Waals surface area contributed by atoms with Crippen molar-refractivity contribution in [1.82, 2.24) is 19.5 Å². The zero-order chi connectivity index (χ0) is 19.1. The maximum absolute atomic E-state index is 13.1. The first-order valence-electron chi connectivity index (χ1n) is 8.82. The third-order valence-electron chi connectivity index (χ3n) is 4.90. The molecule has 3 aromatic heterocycles. The molecule has 3 aromatic rings. The van der Waals surface area contributed by atoms with Gasteiger partial charge in [0.25, 0.3) is 0 Å². The normalized spacial score (nSPS) is 18.5. The Morgan fingerprint density at radius 3 is 2.81 bits per heavy atom. The molecule has 0 aromatic carbocycles. The number of nitrogens with zero attached hydrogens (tertiary/aromatic N) is 4. The van der Waals surface area contributed by atoms with Crippen molar-refractivity contribution in [3.8, 4) is 17.1 Å². The minimum atomic E-state index is -1.03. The van der Waals surface area contributed by atoms with Crippen LogP contribution < -0.4 is 10.1 Å². The molecule has 1 fully saturated rings. The molecular formula is C19H20FN5O2. The van der Waals surface area contributed by atoms with Crippen LogP contribution in [0.3, 0.4) is 0 Å². The molecule has 1 N–H and O–H groups in total. The highest BCUT2D eigenvalue weighted by Crippen LogP contribution is 2.36. The largest absolute Gasteiger partial charge is 0.480 e. The van der Waals surface area contributed by atoms with Gasteiger partial charge in [0.2, 0.25) is 11.8 Å². The Morgan fingerprint density at radius 1 is 1.37 bits per heavy atom. The fraction of sp³-hybridized carbons (Fsp3) is 0.368. The van der Waals surface area contributed by atoms with Gasteiger partial charge in [0, 0.05) is 12.4 Å². The van der Waals surface area contributed by atoms with Crippen LogP contribution in [0.4, 0.5) is 10.2 Å². The van der Waals surface area contributed by atoms with Crippen LogP contribution in [0.25, 0.3) is 22.2 Å². The first-order chi connectivity index (χ1) is 13.0. The van der Waals surface area contributed by atoms with Crippen LogP contribution in [-0.2, 0) is 18.3 Å². The van der Waals surface area contributed by atoms with Crippen LogP contribution in [0.1, 0.15) is 19.0 Å². The van der Waals surface area contributed by atoms with Crippen molar-refractivity contribution in [3.63, 3.8) is 0 Å². The first kappa shape index (κ1) is 17.4. The van der Waals surface area contributed by atoms with Crippen molar-refractivity contribution in [2.24, 2.45) is 13.0 Å². The van der Waals surface area contributed by atoms with Crippen LogP contribution in [0.5, 0.6) is 5.88 Å². The van der Waals surface area contributed by atoms with Crippen molar-refractivity contribution >= 4 is 22.6 Å². The summed E-state index contributed by atoms with van der Waals surface area (Å²) in [4.78, 5) is 24.9. The van der Waals surface area contributed by atoms with Crippen molar-refractivity contribution < 1.29 is 13.9 Å². The van der Waals surface area contributed by atoms with Crippen LogP contribution in [0.2, 0.25) is 0 Å². The number of anilines is 1. The van der Waals surface area contributed by atoms with E-state index in [1.165, 1.54) is 6.33 Å². The first-order valence-corrected chi connectivity index (χ1v) is 8.82. The lowest BCUT2D eigenvalue weighted by atomic mass is 10.1. The molecule has 2 atom stereocenters. The molecule has 1 saturated carbocycles. The summed E-state index contributed by atoms with van der Waals surface area (Å²) < 4.78 is 20.5. The molecule has 0 unspecified atom stereocenters. The molecule has 27 heavy (non-hydrogen) atoms. The number of halogens is 1. The number of carbonyl (C=O) groups excluding carboxylic acids is 1. The summed E-state index contributed by atoms with van der Waals surface area (Å²) >= 11 is 0. The summed E-state index contributed by atoms with van der Waals surface area (Å²) in [5, 5.41) is 3.59. The van der Waals surface area contributed by atoms with Gasteiger partial charge in [-0.15, -0.1) is 0 Å². The van der Waals surface area contributed by atoms with Gasteiger partial charge in [-0.2, -0.15) is 0 Å². The van der Waals surface area contributed by atoms with Gasteiger partial charge in [0.1, 0.15) is 18.3 Å². The fourth-order valence-corrected chi connectivity index (χ4v) is 3.28. The van der Waals surface area contributed by atoms with Crippen LogP contribution in [0, 0.1) is 5.92 Å². The molecule has 0 radical (unpaired) electrons. The number of alkyl halides is 1. The molecule has 140 valence electrons. The summed E-state index contributed by atoms with van der Waals surface area (Å²) in [6.07, 6.45) is 3.18. The molecule has 1 aliphatic rings. The highest BCUT2D eigenvalue weighted by molar-refractivity contribution is 5.96. The molecule has 7 nitrogen and oxygen atoms in total. The third kappa shape index (κ3) is 3.01. The van der Waals surface area contributed by atoms with Gasteiger partial charge in [-0.1, -0.05) is 6.92 Å². The molecule has 8 heteroatoms. The van der Waals surface area contributed by atoms with E-state index in [-0.39, 0.29) is 12.3 Å². The zero-order valence-corrected chi connectivity index (χ0v) is 15.4. The van der Waals surface area contributed by atoms with Gasteiger partial charge in [-0.25, -0.2) is 19.3 Å². The second kappa shape index (κ2) is 6.61. The number of fused-ring (bicyclic) bond motifs is 1.